The minimum absolute atomic E-state index is 0.227. The fourth-order valence-electron chi connectivity index (χ4n) is 2.38. The van der Waals surface area contributed by atoms with Crippen LogP contribution in [0.25, 0.3) is 0 Å². The first-order valence-electron chi connectivity index (χ1n) is 8.08. The maximum atomic E-state index is 12.1. The van der Waals surface area contributed by atoms with Gasteiger partial charge in [0.05, 0.1) is 0 Å². The van der Waals surface area contributed by atoms with Crippen molar-refractivity contribution in [2.75, 3.05) is 6.54 Å². The van der Waals surface area contributed by atoms with Crippen LogP contribution >= 0.6 is 0 Å². The van der Waals surface area contributed by atoms with E-state index < -0.39 is 18.4 Å². The summed E-state index contributed by atoms with van der Waals surface area (Å²) < 4.78 is 5.96. The molecule has 1 amide bonds. The summed E-state index contributed by atoms with van der Waals surface area (Å²) in [6.45, 7) is 6.15. The van der Waals surface area contributed by atoms with Crippen LogP contribution < -0.4 is 10.1 Å². The van der Waals surface area contributed by atoms with E-state index in [0.717, 1.165) is 11.1 Å². The third-order valence-corrected chi connectivity index (χ3v) is 3.69. The van der Waals surface area contributed by atoms with Crippen LogP contribution in [0.4, 0.5) is 0 Å². The highest BCUT2D eigenvalue weighted by atomic mass is 16.5. The van der Waals surface area contributed by atoms with E-state index >= 15 is 0 Å². The minimum atomic E-state index is -1.08. The largest absolute Gasteiger partial charge is 0.489 e. The lowest BCUT2D eigenvalue weighted by Crippen LogP contribution is -2.29. The molecule has 0 aromatic heterocycles. The summed E-state index contributed by atoms with van der Waals surface area (Å²) in [7, 11) is 0. The first-order chi connectivity index (χ1) is 11.8. The van der Waals surface area contributed by atoms with Crippen molar-refractivity contribution in [3.05, 3.63) is 65.2 Å². The van der Waals surface area contributed by atoms with Gasteiger partial charge < -0.3 is 15.2 Å². The molecule has 0 aliphatic carbocycles. The van der Waals surface area contributed by atoms with E-state index in [4.69, 9.17) is 9.84 Å². The van der Waals surface area contributed by atoms with Crippen molar-refractivity contribution in [2.45, 2.75) is 32.8 Å². The summed E-state index contributed by atoms with van der Waals surface area (Å²) in [6.07, 6.45) is 0. The van der Waals surface area contributed by atoms with Gasteiger partial charge in [-0.25, -0.2) is 0 Å². The quantitative estimate of drug-likeness (QED) is 0.844. The molecule has 0 unspecified atom stereocenters. The molecule has 0 saturated carbocycles. The summed E-state index contributed by atoms with van der Waals surface area (Å²) in [5, 5.41) is 11.1. The van der Waals surface area contributed by atoms with Crippen molar-refractivity contribution < 1.29 is 19.4 Å². The number of carboxylic acids is 1. The molecule has 0 saturated heterocycles. The Hall–Kier alpha value is -2.82. The van der Waals surface area contributed by atoms with Gasteiger partial charge >= 0.3 is 5.97 Å². The lowest BCUT2D eigenvalue weighted by molar-refractivity contribution is -0.135. The van der Waals surface area contributed by atoms with Crippen molar-refractivity contribution in [3.63, 3.8) is 0 Å². The summed E-state index contributed by atoms with van der Waals surface area (Å²) >= 11 is 0. The Balaban J connectivity index is 2.22. The molecule has 0 atom stereocenters. The molecule has 25 heavy (non-hydrogen) atoms. The number of ether oxygens (including phenoxy) is 1. The van der Waals surface area contributed by atoms with Crippen LogP contribution in [0.1, 0.15) is 42.3 Å². The van der Waals surface area contributed by atoms with Gasteiger partial charge in [-0.3, -0.25) is 9.59 Å². The molecule has 0 fully saturated rings. The monoisotopic (exact) mass is 341 g/mol. The van der Waals surface area contributed by atoms with Gasteiger partial charge in [0.1, 0.15) is 18.9 Å². The highest BCUT2D eigenvalue weighted by Gasteiger charge is 2.21. The molecule has 0 aliphatic rings. The van der Waals surface area contributed by atoms with Crippen LogP contribution in [0.15, 0.2) is 48.5 Å². The smallest absolute Gasteiger partial charge is 0.322 e. The van der Waals surface area contributed by atoms with Crippen molar-refractivity contribution >= 4 is 11.9 Å². The Morgan fingerprint density at radius 3 is 2.36 bits per heavy atom. The number of amides is 1. The molecule has 0 heterocycles. The molecule has 0 spiro atoms. The molecule has 5 nitrogen and oxygen atoms in total. The van der Waals surface area contributed by atoms with Crippen LogP contribution in [-0.4, -0.2) is 23.5 Å². The second-order valence-corrected chi connectivity index (χ2v) is 6.81. The molecule has 0 bridgehead atoms. The van der Waals surface area contributed by atoms with Gasteiger partial charge in [-0.2, -0.15) is 0 Å². The minimum Gasteiger partial charge on any atom is -0.489 e. The third-order valence-electron chi connectivity index (χ3n) is 3.69. The molecule has 0 radical (unpaired) electrons. The van der Waals surface area contributed by atoms with Gasteiger partial charge in [0.15, 0.2) is 0 Å². The van der Waals surface area contributed by atoms with Crippen molar-refractivity contribution in [3.8, 4) is 5.75 Å². The van der Waals surface area contributed by atoms with E-state index in [-0.39, 0.29) is 5.41 Å². The maximum absolute atomic E-state index is 12.1. The molecule has 2 rings (SSSR count). The number of benzene rings is 2. The van der Waals surface area contributed by atoms with Gasteiger partial charge in [0, 0.05) is 11.1 Å². The first-order valence-corrected chi connectivity index (χ1v) is 8.08. The topological polar surface area (TPSA) is 75.6 Å². The Kier molecular flexibility index (Phi) is 5.80. The number of hydrogen-bond acceptors (Lipinski definition) is 3. The van der Waals surface area contributed by atoms with Crippen LogP contribution in [0.3, 0.4) is 0 Å². The summed E-state index contributed by atoms with van der Waals surface area (Å²) in [5.41, 5.74) is 2.14. The normalized spacial score (nSPS) is 11.0. The summed E-state index contributed by atoms with van der Waals surface area (Å²) in [4.78, 5) is 22.7. The van der Waals surface area contributed by atoms with Crippen molar-refractivity contribution in [1.82, 2.24) is 5.32 Å². The zero-order chi connectivity index (χ0) is 18.4. The number of hydrogen-bond donors (Lipinski definition) is 2. The molecule has 132 valence electrons. The van der Waals surface area contributed by atoms with E-state index in [2.05, 4.69) is 5.32 Å². The predicted octanol–water partition coefficient (Wildman–Crippen LogP) is 3.38. The maximum Gasteiger partial charge on any atom is 0.322 e. The standard InChI is InChI=1S/C20H23NO4/c1-20(2,3)16-11-15(19(24)21-12-18(22)23)9-10-17(16)25-13-14-7-5-4-6-8-14/h4-11H,12-13H2,1-3H3,(H,21,24)(H,22,23). The number of carbonyl (C=O) groups excluding carboxylic acids is 1. The second kappa shape index (κ2) is 7.83. The molecule has 0 aliphatic heterocycles. The van der Waals surface area contributed by atoms with Crippen LogP contribution in [-0.2, 0) is 16.8 Å². The van der Waals surface area contributed by atoms with Crippen LogP contribution in [0.5, 0.6) is 5.75 Å². The molecular weight excluding hydrogens is 318 g/mol. The molecular formula is C20H23NO4. The lowest BCUT2D eigenvalue weighted by Gasteiger charge is -2.23. The van der Waals surface area contributed by atoms with Gasteiger partial charge in [0.25, 0.3) is 5.91 Å². The lowest BCUT2D eigenvalue weighted by atomic mass is 9.85. The highest BCUT2D eigenvalue weighted by Crippen LogP contribution is 2.32. The third kappa shape index (κ3) is 5.35. The van der Waals surface area contributed by atoms with Gasteiger partial charge in [-0.1, -0.05) is 51.1 Å². The Labute approximate surface area is 147 Å². The summed E-state index contributed by atoms with van der Waals surface area (Å²) in [5.74, 6) is -0.777. The van der Waals surface area contributed by atoms with Gasteiger partial charge in [-0.05, 0) is 29.2 Å². The number of carboxylic acid groups (broad SMARTS) is 1. The van der Waals surface area contributed by atoms with Crippen LogP contribution in [0.2, 0.25) is 0 Å². The van der Waals surface area contributed by atoms with E-state index in [9.17, 15) is 9.59 Å². The fourth-order valence-corrected chi connectivity index (χ4v) is 2.38. The fraction of sp³-hybridized carbons (Fsp3) is 0.300. The zero-order valence-corrected chi connectivity index (χ0v) is 14.7. The molecule has 5 heteroatoms. The van der Waals surface area contributed by atoms with Gasteiger partial charge in [-0.15, -0.1) is 0 Å². The van der Waals surface area contributed by atoms with E-state index in [1.807, 2.05) is 51.1 Å². The molecule has 2 N–H and O–H groups in total. The Bertz CT molecular complexity index is 748. The van der Waals surface area contributed by atoms with E-state index in [1.54, 1.807) is 18.2 Å². The van der Waals surface area contributed by atoms with Crippen molar-refractivity contribution in [2.24, 2.45) is 0 Å². The molecule has 2 aromatic rings. The van der Waals surface area contributed by atoms with Crippen molar-refractivity contribution in [1.29, 1.82) is 0 Å². The van der Waals surface area contributed by atoms with E-state index in [1.165, 1.54) is 0 Å². The molecule has 2 aromatic carbocycles. The SMILES string of the molecule is CC(C)(C)c1cc(C(=O)NCC(=O)O)ccc1OCc1ccccc1. The zero-order valence-electron chi connectivity index (χ0n) is 14.7. The average Bonchev–Trinajstić information content (AvgIpc) is 2.57. The number of carbonyl (C=O) groups is 2. The highest BCUT2D eigenvalue weighted by molar-refractivity contribution is 5.96. The second-order valence-electron chi connectivity index (χ2n) is 6.81. The van der Waals surface area contributed by atoms with E-state index in [0.29, 0.717) is 17.9 Å². The number of nitrogens with one attached hydrogen (secondary N) is 1. The Morgan fingerprint density at radius 1 is 1.08 bits per heavy atom. The average molecular weight is 341 g/mol. The summed E-state index contributed by atoms with van der Waals surface area (Å²) in [6, 6.07) is 15.0. The van der Waals surface area contributed by atoms with Crippen LogP contribution in [0, 0.1) is 0 Å². The number of aliphatic carboxylic acids is 1. The first kappa shape index (κ1) is 18.5. The predicted molar refractivity (Wildman–Crippen MR) is 95.9 cm³/mol. The van der Waals surface area contributed by atoms with Gasteiger partial charge in [0.2, 0.25) is 0 Å². The Morgan fingerprint density at radius 2 is 1.76 bits per heavy atom. The number of rotatable bonds is 6.